The Bertz CT molecular complexity index is 753. The van der Waals surface area contributed by atoms with Crippen molar-refractivity contribution < 1.29 is 12.8 Å². The number of hydrogen-bond donors (Lipinski definition) is 1. The van der Waals surface area contributed by atoms with E-state index >= 15 is 0 Å². The number of para-hydroxylation sites is 1. The van der Waals surface area contributed by atoms with Gasteiger partial charge in [-0.1, -0.05) is 30.7 Å². The van der Waals surface area contributed by atoms with Crippen molar-refractivity contribution in [1.29, 1.82) is 0 Å². The van der Waals surface area contributed by atoms with Crippen molar-refractivity contribution in [3.05, 3.63) is 35.0 Å². The average Bonchev–Trinajstić information content (AvgIpc) is 3.00. The third-order valence-corrected chi connectivity index (χ3v) is 6.08. The highest BCUT2D eigenvalue weighted by Gasteiger charge is 2.35. The first-order valence-electron chi connectivity index (χ1n) is 7.12. The Kier molecular flexibility index (Phi) is 3.99. The van der Waals surface area contributed by atoms with Gasteiger partial charge in [0.25, 0.3) is 0 Å². The number of halogens is 1. The molecule has 1 fully saturated rings. The van der Waals surface area contributed by atoms with Gasteiger partial charge in [0.05, 0.1) is 22.6 Å². The van der Waals surface area contributed by atoms with E-state index in [2.05, 4.69) is 5.32 Å². The third-order valence-electron chi connectivity index (χ3n) is 3.98. The van der Waals surface area contributed by atoms with E-state index in [0.29, 0.717) is 17.0 Å². The molecule has 1 aromatic heterocycles. The van der Waals surface area contributed by atoms with Crippen LogP contribution in [0.2, 0.25) is 5.02 Å². The van der Waals surface area contributed by atoms with Crippen molar-refractivity contribution in [3.8, 4) is 0 Å². The first kappa shape index (κ1) is 14.9. The molecule has 114 valence electrons. The molecule has 0 aliphatic carbocycles. The molecule has 3 rings (SSSR count). The van der Waals surface area contributed by atoms with Gasteiger partial charge in [0.2, 0.25) is 0 Å². The van der Waals surface area contributed by atoms with Crippen LogP contribution < -0.4 is 5.32 Å². The maximum atomic E-state index is 11.7. The molecular weight excluding hydrogens is 310 g/mol. The highest BCUT2D eigenvalue weighted by molar-refractivity contribution is 7.91. The van der Waals surface area contributed by atoms with Crippen LogP contribution in [0.15, 0.2) is 28.7 Å². The maximum Gasteiger partial charge on any atom is 0.152 e. The quantitative estimate of drug-likeness (QED) is 0.937. The predicted octanol–water partition coefficient (Wildman–Crippen LogP) is 3.17. The summed E-state index contributed by atoms with van der Waals surface area (Å²) in [5.74, 6) is 1.30. The monoisotopic (exact) mass is 327 g/mol. The zero-order valence-electron chi connectivity index (χ0n) is 11.8. The average molecular weight is 328 g/mol. The second-order valence-electron chi connectivity index (χ2n) is 5.51. The number of benzene rings is 1. The molecule has 0 amide bonds. The van der Waals surface area contributed by atoms with Gasteiger partial charge in [-0.15, -0.1) is 0 Å². The molecule has 1 saturated heterocycles. The number of fused-ring (bicyclic) bond motifs is 1. The van der Waals surface area contributed by atoms with Crippen molar-refractivity contribution in [2.75, 3.05) is 18.1 Å². The molecule has 0 bridgehead atoms. The maximum absolute atomic E-state index is 11.7. The summed E-state index contributed by atoms with van der Waals surface area (Å²) < 4.78 is 29.4. The zero-order chi connectivity index (χ0) is 15.0. The highest BCUT2D eigenvalue weighted by atomic mass is 35.5. The summed E-state index contributed by atoms with van der Waals surface area (Å²) in [6, 6.07) is 7.49. The molecule has 1 aliphatic heterocycles. The molecule has 0 radical (unpaired) electrons. The Balaban J connectivity index is 1.97. The topological polar surface area (TPSA) is 59.3 Å². The summed E-state index contributed by atoms with van der Waals surface area (Å²) in [5.41, 5.74) is 0.665. The summed E-state index contributed by atoms with van der Waals surface area (Å²) in [6.45, 7) is 2.76. The van der Waals surface area contributed by atoms with Gasteiger partial charge in [-0.25, -0.2) is 8.42 Å². The highest BCUT2D eigenvalue weighted by Crippen LogP contribution is 2.36. The summed E-state index contributed by atoms with van der Waals surface area (Å²) in [7, 11) is -2.91. The lowest BCUT2D eigenvalue weighted by molar-refractivity contribution is 0.343. The lowest BCUT2D eigenvalue weighted by Crippen LogP contribution is -2.28. The van der Waals surface area contributed by atoms with Gasteiger partial charge >= 0.3 is 0 Å². The largest absolute Gasteiger partial charge is 0.458 e. The molecule has 1 aromatic carbocycles. The standard InChI is InChI=1S/C15H18ClNO3S/c1-2-17-14(11-6-7-21(18,19)9-11)13-8-10-4-3-5-12(16)15(10)20-13/h3-5,8,11,14,17H,2,6-7,9H2,1H3. The van der Waals surface area contributed by atoms with Crippen LogP contribution in [0.4, 0.5) is 0 Å². The second kappa shape index (κ2) is 5.63. The van der Waals surface area contributed by atoms with E-state index in [1.54, 1.807) is 6.07 Å². The van der Waals surface area contributed by atoms with Crippen molar-refractivity contribution in [2.45, 2.75) is 19.4 Å². The normalized spacial score (nSPS) is 22.7. The molecule has 2 aromatic rings. The SMILES string of the molecule is CCNC(c1cc2cccc(Cl)c2o1)C1CCS(=O)(=O)C1. The van der Waals surface area contributed by atoms with Crippen LogP contribution in [0.1, 0.15) is 25.1 Å². The number of sulfone groups is 1. The van der Waals surface area contributed by atoms with Crippen LogP contribution >= 0.6 is 11.6 Å². The van der Waals surface area contributed by atoms with Crippen LogP contribution in [0.25, 0.3) is 11.0 Å². The predicted molar refractivity (Wildman–Crippen MR) is 84.4 cm³/mol. The minimum Gasteiger partial charge on any atom is -0.458 e. The fourth-order valence-corrected chi connectivity index (χ4v) is 5.07. The lowest BCUT2D eigenvalue weighted by Gasteiger charge is -2.21. The molecule has 6 heteroatoms. The molecule has 4 nitrogen and oxygen atoms in total. The van der Waals surface area contributed by atoms with Gasteiger partial charge in [0.15, 0.2) is 15.4 Å². The minimum absolute atomic E-state index is 0.0503. The Morgan fingerprint density at radius 2 is 2.29 bits per heavy atom. The van der Waals surface area contributed by atoms with Crippen LogP contribution in [0, 0.1) is 5.92 Å². The van der Waals surface area contributed by atoms with Crippen LogP contribution in [-0.4, -0.2) is 26.5 Å². The summed E-state index contributed by atoms with van der Waals surface area (Å²) in [4.78, 5) is 0. The fraction of sp³-hybridized carbons (Fsp3) is 0.467. The first-order valence-corrected chi connectivity index (χ1v) is 9.32. The molecule has 2 heterocycles. The van der Waals surface area contributed by atoms with E-state index in [0.717, 1.165) is 17.7 Å². The molecule has 0 saturated carbocycles. The van der Waals surface area contributed by atoms with Gasteiger partial charge < -0.3 is 9.73 Å². The molecule has 2 atom stereocenters. The number of hydrogen-bond acceptors (Lipinski definition) is 4. The molecule has 1 aliphatic rings. The van der Waals surface area contributed by atoms with Crippen LogP contribution in [0.3, 0.4) is 0 Å². The Hall–Kier alpha value is -1.04. The van der Waals surface area contributed by atoms with Crippen molar-refractivity contribution in [2.24, 2.45) is 5.92 Å². The van der Waals surface area contributed by atoms with E-state index in [1.165, 1.54) is 0 Å². The van der Waals surface area contributed by atoms with Gasteiger partial charge in [-0.3, -0.25) is 0 Å². The van der Waals surface area contributed by atoms with Crippen LogP contribution in [0.5, 0.6) is 0 Å². The van der Waals surface area contributed by atoms with Gasteiger partial charge in [0.1, 0.15) is 5.76 Å². The Morgan fingerprint density at radius 3 is 2.90 bits per heavy atom. The van der Waals surface area contributed by atoms with E-state index in [4.69, 9.17) is 16.0 Å². The third kappa shape index (κ3) is 2.96. The number of rotatable bonds is 4. The fourth-order valence-electron chi connectivity index (χ4n) is 3.01. The Morgan fingerprint density at radius 1 is 1.48 bits per heavy atom. The summed E-state index contributed by atoms with van der Waals surface area (Å²) in [5, 5.41) is 4.88. The van der Waals surface area contributed by atoms with Gasteiger partial charge in [0, 0.05) is 5.39 Å². The summed E-state index contributed by atoms with van der Waals surface area (Å²) >= 11 is 6.15. The van der Waals surface area contributed by atoms with E-state index < -0.39 is 9.84 Å². The molecule has 21 heavy (non-hydrogen) atoms. The summed E-state index contributed by atoms with van der Waals surface area (Å²) in [6.07, 6.45) is 0.671. The molecule has 2 unspecified atom stereocenters. The van der Waals surface area contributed by atoms with Crippen molar-refractivity contribution in [3.63, 3.8) is 0 Å². The number of nitrogens with one attached hydrogen (secondary N) is 1. The molecule has 1 N–H and O–H groups in total. The van der Waals surface area contributed by atoms with Gasteiger partial charge in [-0.2, -0.15) is 0 Å². The number of furan rings is 1. The Labute approximate surface area is 129 Å². The van der Waals surface area contributed by atoms with Crippen LogP contribution in [-0.2, 0) is 9.84 Å². The van der Waals surface area contributed by atoms with E-state index in [-0.39, 0.29) is 23.5 Å². The second-order valence-corrected chi connectivity index (χ2v) is 8.14. The minimum atomic E-state index is -2.91. The molecular formula is C15H18ClNO3S. The van der Waals surface area contributed by atoms with Crippen molar-refractivity contribution in [1.82, 2.24) is 5.32 Å². The van der Waals surface area contributed by atoms with E-state index in [1.807, 2.05) is 25.1 Å². The smallest absolute Gasteiger partial charge is 0.152 e. The van der Waals surface area contributed by atoms with E-state index in [9.17, 15) is 8.42 Å². The first-order chi connectivity index (χ1) is 10.00. The zero-order valence-corrected chi connectivity index (χ0v) is 13.4. The van der Waals surface area contributed by atoms with Gasteiger partial charge in [-0.05, 0) is 31.0 Å². The van der Waals surface area contributed by atoms with Crippen molar-refractivity contribution >= 4 is 32.4 Å². The lowest BCUT2D eigenvalue weighted by atomic mass is 9.97. The molecule has 0 spiro atoms.